The quantitative estimate of drug-likeness (QED) is 0.238. The summed E-state index contributed by atoms with van der Waals surface area (Å²) < 4.78 is 64.7. The third-order valence-electron chi connectivity index (χ3n) is 10.9. The third-order valence-corrected chi connectivity index (χ3v) is 15.4. The molecule has 0 aliphatic heterocycles. The number of alkyl halides is 4. The van der Waals surface area contributed by atoms with Crippen LogP contribution in [0.4, 0.5) is 17.6 Å². The molecule has 1 heterocycles. The summed E-state index contributed by atoms with van der Waals surface area (Å²) in [7, 11) is -2.20. The predicted octanol–water partition coefficient (Wildman–Crippen LogP) is 11.9. The van der Waals surface area contributed by atoms with Gasteiger partial charge in [0.25, 0.3) is 0 Å². The number of rotatable bonds is 6. The molecule has 43 heavy (non-hydrogen) atoms. The van der Waals surface area contributed by atoms with Crippen LogP contribution >= 0.6 is 0 Å². The molecule has 0 amide bonds. The van der Waals surface area contributed by atoms with Gasteiger partial charge in [-0.25, -0.2) is 4.39 Å². The Kier molecular flexibility index (Phi) is 9.03. The molecule has 3 aliphatic rings. The molecule has 2 fully saturated rings. The predicted molar refractivity (Wildman–Crippen MR) is 169 cm³/mol. The van der Waals surface area contributed by atoms with Crippen LogP contribution < -0.4 is 0 Å². The fourth-order valence-electron chi connectivity index (χ4n) is 7.58. The average molecular weight is 618 g/mol. The average Bonchev–Trinajstić information content (AvgIpc) is 3.45. The molecule has 5 rings (SSSR count). The zero-order valence-corrected chi connectivity index (χ0v) is 28.3. The number of nitrogens with zero attached hydrogens (tertiary/aromatic N) is 1. The molecule has 0 radical (unpaired) electrons. The van der Waals surface area contributed by atoms with E-state index < -0.39 is 26.2 Å². The Labute approximate surface area is 257 Å². The van der Waals surface area contributed by atoms with E-state index in [2.05, 4.69) is 47.7 Å². The van der Waals surface area contributed by atoms with Gasteiger partial charge in [-0.1, -0.05) is 78.9 Å². The second kappa shape index (κ2) is 11.9. The summed E-state index contributed by atoms with van der Waals surface area (Å²) >= 11 is 0. The SMILES string of the molecule is CC1(C)Cc2nc(C3CCCC3)c([C@@H](F)c3ccc(C(F)(F)F)cc3)c(C3CCCCC3)c2[C@@H](O[Si](C)(C)C(C)(C)C)C1. The number of pyridine rings is 1. The van der Waals surface area contributed by atoms with Crippen molar-refractivity contribution in [1.82, 2.24) is 4.98 Å². The number of benzene rings is 1. The lowest BCUT2D eigenvalue weighted by Gasteiger charge is -2.46. The lowest BCUT2D eigenvalue weighted by Crippen LogP contribution is -2.44. The Morgan fingerprint density at radius 2 is 1.42 bits per heavy atom. The van der Waals surface area contributed by atoms with Crippen molar-refractivity contribution in [2.75, 3.05) is 0 Å². The van der Waals surface area contributed by atoms with Gasteiger partial charge in [-0.05, 0) is 91.2 Å². The van der Waals surface area contributed by atoms with Crippen LogP contribution in [0.1, 0.15) is 162 Å². The maximum absolute atomic E-state index is 17.2. The first-order valence-electron chi connectivity index (χ1n) is 16.5. The summed E-state index contributed by atoms with van der Waals surface area (Å²) in [6.45, 7) is 15.9. The highest BCUT2D eigenvalue weighted by Crippen LogP contribution is 2.54. The second-order valence-corrected chi connectivity index (χ2v) is 20.7. The molecule has 2 saturated carbocycles. The molecule has 0 saturated heterocycles. The van der Waals surface area contributed by atoms with E-state index in [1.165, 1.54) is 18.6 Å². The van der Waals surface area contributed by atoms with E-state index in [1.54, 1.807) is 0 Å². The molecular weight excluding hydrogens is 566 g/mol. The first kappa shape index (κ1) is 32.7. The first-order chi connectivity index (χ1) is 20.0. The first-order valence-corrected chi connectivity index (χ1v) is 19.4. The fraction of sp³-hybridized carbons (Fsp3) is 0.694. The molecule has 2 atom stereocenters. The highest BCUT2D eigenvalue weighted by Gasteiger charge is 2.46. The van der Waals surface area contributed by atoms with Crippen molar-refractivity contribution >= 4 is 8.32 Å². The second-order valence-electron chi connectivity index (χ2n) is 15.9. The van der Waals surface area contributed by atoms with Gasteiger partial charge in [0.05, 0.1) is 17.4 Å². The lowest BCUT2D eigenvalue weighted by atomic mass is 9.69. The number of hydrogen-bond donors (Lipinski definition) is 0. The highest BCUT2D eigenvalue weighted by atomic mass is 28.4. The molecular formula is C36H51F4NOSi. The van der Waals surface area contributed by atoms with E-state index >= 15 is 4.39 Å². The summed E-state index contributed by atoms with van der Waals surface area (Å²) in [6.07, 6.45) is 5.10. The van der Waals surface area contributed by atoms with Gasteiger partial charge >= 0.3 is 6.18 Å². The van der Waals surface area contributed by atoms with Crippen LogP contribution in [-0.2, 0) is 17.0 Å². The van der Waals surface area contributed by atoms with Crippen molar-refractivity contribution in [2.24, 2.45) is 5.41 Å². The molecule has 2 aromatic rings. The molecule has 2 nitrogen and oxygen atoms in total. The molecule has 1 aromatic carbocycles. The van der Waals surface area contributed by atoms with Crippen LogP contribution in [-0.4, -0.2) is 13.3 Å². The van der Waals surface area contributed by atoms with Crippen molar-refractivity contribution in [3.05, 3.63) is 63.5 Å². The van der Waals surface area contributed by atoms with E-state index in [1.807, 2.05) is 0 Å². The zero-order valence-electron chi connectivity index (χ0n) is 27.3. The lowest BCUT2D eigenvalue weighted by molar-refractivity contribution is -0.137. The van der Waals surface area contributed by atoms with E-state index in [-0.39, 0.29) is 34.0 Å². The third kappa shape index (κ3) is 6.78. The van der Waals surface area contributed by atoms with Crippen LogP contribution in [0.5, 0.6) is 0 Å². The Hall–Kier alpha value is -1.73. The van der Waals surface area contributed by atoms with Crippen LogP contribution in [0, 0.1) is 5.41 Å². The number of hydrogen-bond acceptors (Lipinski definition) is 2. The van der Waals surface area contributed by atoms with E-state index in [0.29, 0.717) is 5.56 Å². The van der Waals surface area contributed by atoms with E-state index in [9.17, 15) is 13.2 Å². The molecule has 238 valence electrons. The highest BCUT2D eigenvalue weighted by molar-refractivity contribution is 6.74. The zero-order chi connectivity index (χ0) is 31.4. The van der Waals surface area contributed by atoms with Crippen LogP contribution in [0.25, 0.3) is 0 Å². The normalized spacial score (nSPS) is 22.9. The number of fused-ring (bicyclic) bond motifs is 1. The summed E-state index contributed by atoms with van der Waals surface area (Å²) in [5, 5.41) is 0.0165. The molecule has 1 aromatic heterocycles. The van der Waals surface area contributed by atoms with Gasteiger partial charge in [0.1, 0.15) is 0 Å². The van der Waals surface area contributed by atoms with Gasteiger partial charge in [-0.15, -0.1) is 0 Å². The van der Waals surface area contributed by atoms with Crippen LogP contribution in [0.3, 0.4) is 0 Å². The minimum absolute atomic E-state index is 0.00608. The summed E-state index contributed by atoms with van der Waals surface area (Å²) in [6, 6.07) is 4.72. The van der Waals surface area contributed by atoms with E-state index in [0.717, 1.165) is 98.9 Å². The summed E-state index contributed by atoms with van der Waals surface area (Å²) in [5.74, 6) is 0.389. The maximum atomic E-state index is 17.2. The maximum Gasteiger partial charge on any atom is 0.416 e. The van der Waals surface area contributed by atoms with Crippen molar-refractivity contribution in [3.63, 3.8) is 0 Å². The fourth-order valence-corrected chi connectivity index (χ4v) is 8.84. The number of halogens is 4. The molecule has 0 spiro atoms. The van der Waals surface area contributed by atoms with Gasteiger partial charge in [0, 0.05) is 22.7 Å². The monoisotopic (exact) mass is 617 g/mol. The standard InChI is InChI=1S/C36H51F4NOSi/c1-34(2,3)43(6,7)42-28-22-35(4,5)21-27-30(28)29(23-13-9-8-10-14-23)31(33(41-27)25-15-11-12-16-25)32(37)24-17-19-26(20-18-24)36(38,39)40/h17-20,23,25,28,32H,8-16,21-22H2,1-7H3/t28-,32-/m0/s1. The van der Waals surface area contributed by atoms with Gasteiger partial charge < -0.3 is 4.43 Å². The summed E-state index contributed by atoms with van der Waals surface area (Å²) in [5.41, 5.74) is 4.33. The molecule has 0 N–H and O–H groups in total. The van der Waals surface area contributed by atoms with Crippen LogP contribution in [0.2, 0.25) is 18.1 Å². The van der Waals surface area contributed by atoms with E-state index in [4.69, 9.17) is 9.41 Å². The van der Waals surface area contributed by atoms with Crippen molar-refractivity contribution in [3.8, 4) is 0 Å². The molecule has 3 aliphatic carbocycles. The largest absolute Gasteiger partial charge is 0.416 e. The summed E-state index contributed by atoms with van der Waals surface area (Å²) in [4.78, 5) is 5.41. The molecule has 0 bridgehead atoms. The van der Waals surface area contributed by atoms with Crippen molar-refractivity contribution in [2.45, 2.75) is 154 Å². The Morgan fingerprint density at radius 3 is 1.98 bits per heavy atom. The minimum Gasteiger partial charge on any atom is -0.410 e. The van der Waals surface area contributed by atoms with Crippen molar-refractivity contribution in [1.29, 1.82) is 0 Å². The molecule has 7 heteroatoms. The Bertz CT molecular complexity index is 1280. The Morgan fingerprint density at radius 1 is 0.860 bits per heavy atom. The van der Waals surface area contributed by atoms with Crippen molar-refractivity contribution < 1.29 is 22.0 Å². The number of aromatic nitrogens is 1. The van der Waals surface area contributed by atoms with Gasteiger partial charge in [0.15, 0.2) is 14.5 Å². The minimum atomic E-state index is -4.46. The smallest absolute Gasteiger partial charge is 0.410 e. The Balaban J connectivity index is 1.75. The molecule has 0 unspecified atom stereocenters. The topological polar surface area (TPSA) is 22.1 Å². The van der Waals surface area contributed by atoms with Crippen LogP contribution in [0.15, 0.2) is 24.3 Å². The van der Waals surface area contributed by atoms with Gasteiger partial charge in [-0.2, -0.15) is 13.2 Å². The van der Waals surface area contributed by atoms with Gasteiger partial charge in [-0.3, -0.25) is 4.98 Å². The van der Waals surface area contributed by atoms with Gasteiger partial charge in [0.2, 0.25) is 0 Å².